The van der Waals surface area contributed by atoms with Gasteiger partial charge in [-0.25, -0.2) is 0 Å². The second kappa shape index (κ2) is 4.94. The number of nitrogens with zero attached hydrogens (tertiary/aromatic N) is 2. The highest BCUT2D eigenvalue weighted by molar-refractivity contribution is 5.79. The van der Waals surface area contributed by atoms with E-state index in [1.165, 1.54) is 6.42 Å². The molecule has 1 unspecified atom stereocenters. The number of rotatable bonds is 3. The number of likely N-dealkylation sites (tertiary alicyclic amines) is 2. The molecule has 0 aromatic rings. The van der Waals surface area contributed by atoms with E-state index >= 15 is 0 Å². The van der Waals surface area contributed by atoms with Crippen molar-refractivity contribution in [2.24, 2.45) is 0 Å². The van der Waals surface area contributed by atoms with E-state index in [4.69, 9.17) is 0 Å². The number of hydrogen-bond acceptors (Lipinski definition) is 3. The maximum atomic E-state index is 11.7. The maximum Gasteiger partial charge on any atom is 0.325 e. The molecular weight excluding hydrogens is 216 g/mol. The van der Waals surface area contributed by atoms with Crippen LogP contribution in [0.15, 0.2) is 0 Å². The molecule has 0 radical (unpaired) electrons. The first kappa shape index (κ1) is 12.8. The van der Waals surface area contributed by atoms with Gasteiger partial charge in [-0.3, -0.25) is 14.6 Å². The van der Waals surface area contributed by atoms with Crippen LogP contribution in [0.1, 0.15) is 39.5 Å². The third-order valence-corrected chi connectivity index (χ3v) is 4.37. The molecule has 4 heteroatoms. The summed E-state index contributed by atoms with van der Waals surface area (Å²) in [5, 5.41) is 9.65. The van der Waals surface area contributed by atoms with Crippen molar-refractivity contribution >= 4 is 5.97 Å². The Labute approximate surface area is 104 Å². The van der Waals surface area contributed by atoms with Gasteiger partial charge >= 0.3 is 5.97 Å². The molecule has 1 atom stereocenters. The van der Waals surface area contributed by atoms with Crippen molar-refractivity contribution in [3.05, 3.63) is 0 Å². The normalized spacial score (nSPS) is 32.2. The van der Waals surface area contributed by atoms with E-state index < -0.39 is 11.5 Å². The molecule has 0 bridgehead atoms. The summed E-state index contributed by atoms with van der Waals surface area (Å²) in [6, 6.07) is 0.445. The quantitative estimate of drug-likeness (QED) is 0.810. The van der Waals surface area contributed by atoms with Gasteiger partial charge in [-0.05, 0) is 46.2 Å². The van der Waals surface area contributed by atoms with Gasteiger partial charge in [0.1, 0.15) is 5.54 Å². The van der Waals surface area contributed by atoms with E-state index in [1.54, 1.807) is 0 Å². The average Bonchev–Trinajstić information content (AvgIpc) is 2.76. The molecule has 2 heterocycles. The molecule has 2 rings (SSSR count). The topological polar surface area (TPSA) is 43.8 Å². The Morgan fingerprint density at radius 3 is 2.29 bits per heavy atom. The van der Waals surface area contributed by atoms with Crippen molar-refractivity contribution in [1.82, 2.24) is 9.80 Å². The molecule has 2 aliphatic rings. The Morgan fingerprint density at radius 1 is 1.18 bits per heavy atom. The van der Waals surface area contributed by atoms with Crippen LogP contribution in [0, 0.1) is 0 Å². The second-order valence-corrected chi connectivity index (χ2v) is 5.70. The van der Waals surface area contributed by atoms with Crippen molar-refractivity contribution in [2.45, 2.75) is 51.1 Å². The first-order valence-electron chi connectivity index (χ1n) is 6.79. The Hall–Kier alpha value is -0.610. The number of hydrogen-bond donors (Lipinski definition) is 1. The zero-order chi connectivity index (χ0) is 12.5. The molecular formula is C13H24N2O2. The van der Waals surface area contributed by atoms with Crippen LogP contribution in [-0.4, -0.2) is 58.6 Å². The third-order valence-electron chi connectivity index (χ3n) is 4.37. The lowest BCUT2D eigenvalue weighted by atomic mass is 9.93. The molecule has 2 aliphatic heterocycles. The molecule has 2 fully saturated rings. The maximum absolute atomic E-state index is 11.7. The molecule has 98 valence electrons. The summed E-state index contributed by atoms with van der Waals surface area (Å²) in [4.78, 5) is 16.2. The van der Waals surface area contributed by atoms with Gasteiger partial charge in [0.2, 0.25) is 0 Å². The summed E-state index contributed by atoms with van der Waals surface area (Å²) in [5.41, 5.74) is -0.606. The van der Waals surface area contributed by atoms with E-state index in [0.29, 0.717) is 12.6 Å². The molecule has 0 spiro atoms. The number of carboxylic acids is 1. The molecule has 4 nitrogen and oxygen atoms in total. The summed E-state index contributed by atoms with van der Waals surface area (Å²) in [6.45, 7) is 7.82. The van der Waals surface area contributed by atoms with E-state index in [9.17, 15) is 9.90 Å². The van der Waals surface area contributed by atoms with Gasteiger partial charge in [0.25, 0.3) is 0 Å². The number of aliphatic carboxylic acids is 1. The molecule has 0 saturated carbocycles. The van der Waals surface area contributed by atoms with Gasteiger partial charge in [-0.15, -0.1) is 0 Å². The monoisotopic (exact) mass is 240 g/mol. The molecule has 1 N–H and O–H groups in total. The first-order chi connectivity index (χ1) is 8.06. The Kier molecular flexibility index (Phi) is 3.73. The Bertz CT molecular complexity index is 287. The lowest BCUT2D eigenvalue weighted by Gasteiger charge is -2.40. The van der Waals surface area contributed by atoms with Crippen LogP contribution >= 0.6 is 0 Å². The van der Waals surface area contributed by atoms with Crippen LogP contribution in [0.3, 0.4) is 0 Å². The number of carboxylic acid groups (broad SMARTS) is 1. The minimum Gasteiger partial charge on any atom is -0.480 e. The smallest absolute Gasteiger partial charge is 0.325 e. The lowest BCUT2D eigenvalue weighted by Crippen LogP contribution is -2.58. The molecule has 0 aromatic heterocycles. The van der Waals surface area contributed by atoms with E-state index in [0.717, 1.165) is 38.9 Å². The fourth-order valence-electron chi connectivity index (χ4n) is 3.15. The van der Waals surface area contributed by atoms with Crippen molar-refractivity contribution < 1.29 is 9.90 Å². The van der Waals surface area contributed by atoms with Crippen LogP contribution in [0.4, 0.5) is 0 Å². The van der Waals surface area contributed by atoms with Gasteiger partial charge in [-0.1, -0.05) is 6.42 Å². The van der Waals surface area contributed by atoms with Gasteiger partial charge < -0.3 is 5.11 Å². The highest BCUT2D eigenvalue weighted by Crippen LogP contribution is 2.32. The third kappa shape index (κ3) is 2.33. The predicted molar refractivity (Wildman–Crippen MR) is 67.1 cm³/mol. The first-order valence-corrected chi connectivity index (χ1v) is 6.79. The van der Waals surface area contributed by atoms with Gasteiger partial charge in [0.15, 0.2) is 0 Å². The summed E-state index contributed by atoms with van der Waals surface area (Å²) >= 11 is 0. The van der Waals surface area contributed by atoms with Crippen LogP contribution in [0.2, 0.25) is 0 Å². The summed E-state index contributed by atoms with van der Waals surface area (Å²) in [5.74, 6) is -0.623. The zero-order valence-electron chi connectivity index (χ0n) is 11.0. The van der Waals surface area contributed by atoms with Crippen molar-refractivity contribution in [3.63, 3.8) is 0 Å². The Morgan fingerprint density at radius 2 is 1.82 bits per heavy atom. The second-order valence-electron chi connectivity index (χ2n) is 5.70. The lowest BCUT2D eigenvalue weighted by molar-refractivity contribution is -0.151. The summed E-state index contributed by atoms with van der Waals surface area (Å²) in [7, 11) is 0. The number of piperidine rings is 1. The highest BCUT2D eigenvalue weighted by Gasteiger charge is 2.49. The SMILES string of the molecule is CC(C)N1CCC(C(=O)O)(N2CCCCC2)C1. The Balaban J connectivity index is 2.13. The predicted octanol–water partition coefficient (Wildman–Crippen LogP) is 1.41. The molecule has 0 aromatic carbocycles. The summed E-state index contributed by atoms with van der Waals surface area (Å²) < 4.78 is 0. The highest BCUT2D eigenvalue weighted by atomic mass is 16.4. The molecule has 0 amide bonds. The van der Waals surface area contributed by atoms with E-state index in [2.05, 4.69) is 23.6 Å². The van der Waals surface area contributed by atoms with E-state index in [-0.39, 0.29) is 0 Å². The van der Waals surface area contributed by atoms with Crippen LogP contribution < -0.4 is 0 Å². The minimum atomic E-state index is -0.623. The average molecular weight is 240 g/mol. The van der Waals surface area contributed by atoms with Crippen molar-refractivity contribution in [3.8, 4) is 0 Å². The number of carbonyl (C=O) groups is 1. The molecule has 0 aliphatic carbocycles. The zero-order valence-corrected chi connectivity index (χ0v) is 11.0. The standard InChI is InChI=1S/C13H24N2O2/c1-11(2)14-9-6-13(10-14,12(16)17)15-7-4-3-5-8-15/h11H,3-10H2,1-2H3,(H,16,17). The van der Waals surface area contributed by atoms with Crippen LogP contribution in [0.25, 0.3) is 0 Å². The summed E-state index contributed by atoms with van der Waals surface area (Å²) in [6.07, 6.45) is 4.33. The van der Waals surface area contributed by atoms with Gasteiger partial charge in [0.05, 0.1) is 0 Å². The molecule has 2 saturated heterocycles. The van der Waals surface area contributed by atoms with Gasteiger partial charge in [-0.2, -0.15) is 0 Å². The fourth-order valence-corrected chi connectivity index (χ4v) is 3.15. The van der Waals surface area contributed by atoms with E-state index in [1.807, 2.05) is 0 Å². The fraction of sp³-hybridized carbons (Fsp3) is 0.923. The van der Waals surface area contributed by atoms with Crippen molar-refractivity contribution in [1.29, 1.82) is 0 Å². The van der Waals surface area contributed by atoms with Crippen LogP contribution in [0.5, 0.6) is 0 Å². The largest absolute Gasteiger partial charge is 0.480 e. The minimum absolute atomic E-state index is 0.445. The van der Waals surface area contributed by atoms with Crippen molar-refractivity contribution in [2.75, 3.05) is 26.2 Å². The molecule has 17 heavy (non-hydrogen) atoms. The van der Waals surface area contributed by atoms with Gasteiger partial charge in [0, 0.05) is 19.1 Å². The van der Waals surface area contributed by atoms with Crippen LogP contribution in [-0.2, 0) is 4.79 Å².